The topological polar surface area (TPSA) is 54.5 Å². The largest absolute Gasteiger partial charge is 0.253 e. The molecule has 5 heteroatoms. The molecule has 0 amide bonds. The molecule has 2 heterocycles. The Morgan fingerprint density at radius 1 is 1.13 bits per heavy atom. The second-order valence-electron chi connectivity index (χ2n) is 2.22. The summed E-state index contributed by atoms with van der Waals surface area (Å²) in [6.45, 7) is 3.92. The van der Waals surface area contributed by atoms with Gasteiger partial charge in [-0.1, -0.05) is 22.3 Å². The summed E-state index contributed by atoms with van der Waals surface area (Å²) < 4.78 is 0. The highest BCUT2D eigenvalue weighted by Gasteiger charge is 1.76. The average Bonchev–Trinajstić information content (AvgIpc) is 2.63. The van der Waals surface area contributed by atoms with Crippen molar-refractivity contribution in [2.24, 2.45) is 0 Å². The molecule has 2 aromatic heterocycles. The van der Waals surface area contributed by atoms with Crippen LogP contribution in [-0.4, -0.2) is 20.4 Å². The lowest BCUT2D eigenvalue weighted by Crippen LogP contribution is -1.66. The molecule has 0 unspecified atom stereocenters. The van der Waals surface area contributed by atoms with Crippen LogP contribution in [0.1, 0.15) is 32.9 Å². The van der Waals surface area contributed by atoms with E-state index in [2.05, 4.69) is 20.4 Å². The third-order valence-electron chi connectivity index (χ3n) is 1.09. The summed E-state index contributed by atoms with van der Waals surface area (Å²) in [5.41, 5.74) is 2.75. The van der Waals surface area contributed by atoms with Gasteiger partial charge >= 0.3 is 0 Å². The van der Waals surface area contributed by atoms with Crippen molar-refractivity contribution in [1.82, 2.24) is 20.4 Å². The van der Waals surface area contributed by atoms with Crippen LogP contribution in [0.2, 0.25) is 0 Å². The minimum Gasteiger partial charge on any atom is -0.253 e. The maximum absolute atomic E-state index is 3.84. The normalized spacial score (nSPS) is 7.07. The average molecular weight is 230 g/mol. The lowest BCUT2D eigenvalue weighted by Gasteiger charge is -1.63. The van der Waals surface area contributed by atoms with Gasteiger partial charge in [0.05, 0.1) is 17.4 Å². The Morgan fingerprint density at radius 2 is 1.80 bits per heavy atom. The van der Waals surface area contributed by atoms with Gasteiger partial charge in [-0.15, -0.1) is 11.3 Å². The Hall–Kier alpha value is -1.23. The minimum atomic E-state index is 0. The van der Waals surface area contributed by atoms with Crippen LogP contribution in [0, 0.1) is 13.8 Å². The van der Waals surface area contributed by atoms with Crippen LogP contribution < -0.4 is 0 Å². The summed E-state index contributed by atoms with van der Waals surface area (Å²) in [7, 11) is 0. The van der Waals surface area contributed by atoms with Crippen molar-refractivity contribution in [2.75, 3.05) is 0 Å². The predicted octanol–water partition coefficient (Wildman–Crippen LogP) is 3.47. The van der Waals surface area contributed by atoms with Gasteiger partial charge in [0.25, 0.3) is 0 Å². The van der Waals surface area contributed by atoms with E-state index in [0.29, 0.717) is 0 Å². The van der Waals surface area contributed by atoms with Gasteiger partial charge in [0.1, 0.15) is 0 Å². The second-order valence-corrected chi connectivity index (χ2v) is 3.31. The molecule has 0 spiro atoms. The summed E-state index contributed by atoms with van der Waals surface area (Å²) in [6.07, 6.45) is 3.52. The number of aromatic nitrogens is 4. The fraction of sp³-hybridized carbons (Fsp3) is 0.500. The molecule has 0 atom stereocenters. The Balaban J connectivity index is -0.000000160. The van der Waals surface area contributed by atoms with Crippen LogP contribution in [0.5, 0.6) is 0 Å². The molecule has 0 saturated carbocycles. The summed E-state index contributed by atoms with van der Waals surface area (Å²) in [5.74, 6) is 0. The quantitative estimate of drug-likeness (QED) is 0.754. The molecule has 4 nitrogen and oxygen atoms in total. The van der Waals surface area contributed by atoms with E-state index >= 15 is 0 Å². The van der Waals surface area contributed by atoms with Crippen LogP contribution in [-0.2, 0) is 0 Å². The van der Waals surface area contributed by atoms with E-state index in [9.17, 15) is 0 Å². The van der Waals surface area contributed by atoms with Crippen LogP contribution in [0.15, 0.2) is 17.9 Å². The molecule has 0 aromatic carbocycles. The lowest BCUT2D eigenvalue weighted by molar-refractivity contribution is 0.928. The molecule has 0 aliphatic heterocycles. The second kappa shape index (κ2) is 10.8. The number of hydrogen-bond donors (Lipinski definition) is 1. The van der Waals surface area contributed by atoms with Crippen molar-refractivity contribution in [2.45, 2.75) is 36.1 Å². The predicted molar refractivity (Wildman–Crippen MR) is 68.2 cm³/mol. The molecule has 15 heavy (non-hydrogen) atoms. The van der Waals surface area contributed by atoms with E-state index in [-0.39, 0.29) is 22.3 Å². The first-order valence-corrected chi connectivity index (χ1v) is 4.34. The molecule has 0 bridgehead atoms. The molecule has 2 aromatic rings. The van der Waals surface area contributed by atoms with Gasteiger partial charge in [-0.25, -0.2) is 0 Å². The molecule has 0 saturated heterocycles. The first-order chi connectivity index (χ1) is 5.79. The number of aryl methyl sites for hydroxylation is 2. The molecule has 0 aliphatic carbocycles. The number of aromatic amines is 1. The molecule has 0 radical (unpaired) electrons. The van der Waals surface area contributed by atoms with Gasteiger partial charge in [-0.3, -0.25) is 4.98 Å². The Morgan fingerprint density at radius 3 is 1.93 bits per heavy atom. The summed E-state index contributed by atoms with van der Waals surface area (Å²) in [6, 6.07) is 0. The maximum atomic E-state index is 3.84. The van der Waals surface area contributed by atoms with Gasteiger partial charge in [0, 0.05) is 11.1 Å². The molecule has 88 valence electrons. The third-order valence-corrected chi connectivity index (χ3v) is 1.80. The number of nitrogens with one attached hydrogen (secondary N) is 1. The number of thiazole rings is 1. The molecule has 2 rings (SSSR count). The van der Waals surface area contributed by atoms with Gasteiger partial charge in [0.2, 0.25) is 0 Å². The van der Waals surface area contributed by atoms with E-state index in [0.717, 1.165) is 5.69 Å². The number of rotatable bonds is 0. The number of H-pyrrole nitrogens is 1. The third kappa shape index (κ3) is 9.08. The maximum Gasteiger partial charge on any atom is 0.0794 e. The van der Waals surface area contributed by atoms with Crippen molar-refractivity contribution in [3.8, 4) is 0 Å². The molecule has 0 aliphatic rings. The van der Waals surface area contributed by atoms with Crippen molar-refractivity contribution in [3.63, 3.8) is 0 Å². The zero-order valence-corrected chi connectivity index (χ0v) is 7.80. The van der Waals surface area contributed by atoms with Gasteiger partial charge < -0.3 is 0 Å². The van der Waals surface area contributed by atoms with Crippen LogP contribution in [0.3, 0.4) is 0 Å². The smallest absolute Gasteiger partial charge is 0.0794 e. The van der Waals surface area contributed by atoms with Crippen molar-refractivity contribution < 1.29 is 0 Å². The van der Waals surface area contributed by atoms with E-state index in [1.807, 2.05) is 25.6 Å². The Bertz CT molecular complexity index is 257. The Labute approximate surface area is 96.8 Å². The molecular formula is C10H22N4S. The van der Waals surface area contributed by atoms with Gasteiger partial charge in [-0.05, 0) is 13.8 Å². The van der Waals surface area contributed by atoms with Crippen LogP contribution >= 0.6 is 11.3 Å². The molecule has 1 N–H and O–H groups in total. The fourth-order valence-corrected chi connectivity index (χ4v) is 0.948. The zero-order chi connectivity index (χ0) is 8.81. The SMILES string of the molecule is C.C.C.Cc1cn[nH]n1.Cc1cncs1. The zero-order valence-electron chi connectivity index (χ0n) is 6.98. The van der Waals surface area contributed by atoms with Crippen molar-refractivity contribution in [3.05, 3.63) is 28.5 Å². The number of nitrogens with zero attached hydrogens (tertiary/aromatic N) is 3. The lowest BCUT2D eigenvalue weighted by atomic mass is 10.6. The Kier molecular flexibility index (Phi) is 14.0. The highest BCUT2D eigenvalue weighted by molar-refractivity contribution is 7.09. The van der Waals surface area contributed by atoms with E-state index < -0.39 is 0 Å². The molecular weight excluding hydrogens is 208 g/mol. The van der Waals surface area contributed by atoms with E-state index in [1.165, 1.54) is 4.88 Å². The first-order valence-electron chi connectivity index (χ1n) is 3.46. The molecule has 0 fully saturated rings. The van der Waals surface area contributed by atoms with Crippen LogP contribution in [0.25, 0.3) is 0 Å². The standard InChI is InChI=1S/C4H5NS.C3H5N3.3CH4/c1-4-2-5-3-6-4;1-3-2-4-6-5-3;;;/h2-3H,1H3;2H,1H3,(H,4,5,6);3*1H4. The highest BCUT2D eigenvalue weighted by Crippen LogP contribution is 1.99. The van der Waals surface area contributed by atoms with E-state index in [1.54, 1.807) is 17.5 Å². The van der Waals surface area contributed by atoms with Gasteiger partial charge in [-0.2, -0.15) is 15.4 Å². The van der Waals surface area contributed by atoms with Crippen molar-refractivity contribution in [1.29, 1.82) is 0 Å². The van der Waals surface area contributed by atoms with Crippen LogP contribution in [0.4, 0.5) is 0 Å². The summed E-state index contributed by atoms with van der Waals surface area (Å²) >= 11 is 1.67. The van der Waals surface area contributed by atoms with E-state index in [4.69, 9.17) is 0 Å². The first kappa shape index (κ1) is 19.4. The number of hydrogen-bond acceptors (Lipinski definition) is 4. The monoisotopic (exact) mass is 230 g/mol. The fourth-order valence-electron chi connectivity index (χ4n) is 0.538. The minimum absolute atomic E-state index is 0. The van der Waals surface area contributed by atoms with Crippen molar-refractivity contribution >= 4 is 11.3 Å². The highest BCUT2D eigenvalue weighted by atomic mass is 32.1. The summed E-state index contributed by atoms with van der Waals surface area (Å²) in [4.78, 5) is 5.11. The summed E-state index contributed by atoms with van der Waals surface area (Å²) in [5, 5.41) is 9.70. The van der Waals surface area contributed by atoms with Gasteiger partial charge in [0.15, 0.2) is 0 Å².